The maximum atomic E-state index is 12.4. The third-order valence-corrected chi connectivity index (χ3v) is 2.47. The first-order valence-corrected chi connectivity index (χ1v) is 5.75. The number of nitrogens with two attached hydrogens (primary N) is 1. The zero-order valence-corrected chi connectivity index (χ0v) is 10.7. The van der Waals surface area contributed by atoms with Crippen LogP contribution in [0.5, 0.6) is 0 Å². The summed E-state index contributed by atoms with van der Waals surface area (Å²) < 4.78 is 42.3. The van der Waals surface area contributed by atoms with E-state index in [4.69, 9.17) is 15.6 Å². The molecule has 4 N–H and O–H groups in total. The van der Waals surface area contributed by atoms with Crippen molar-refractivity contribution in [2.75, 3.05) is 24.3 Å². The van der Waals surface area contributed by atoms with Gasteiger partial charge in [0.25, 0.3) is 5.91 Å². The van der Waals surface area contributed by atoms with Crippen molar-refractivity contribution in [3.05, 3.63) is 23.8 Å². The average Bonchev–Trinajstić information content (AvgIpc) is 2.36. The van der Waals surface area contributed by atoms with Gasteiger partial charge in [-0.2, -0.15) is 13.2 Å². The van der Waals surface area contributed by atoms with E-state index in [0.717, 1.165) is 18.2 Å². The molecule has 0 heterocycles. The number of alkyl halides is 3. The van der Waals surface area contributed by atoms with E-state index in [1.165, 1.54) is 6.92 Å². The molecule has 1 aromatic rings. The lowest BCUT2D eigenvalue weighted by atomic mass is 10.1. The van der Waals surface area contributed by atoms with Crippen LogP contribution in [0.4, 0.5) is 24.5 Å². The number of hydrogen-bond donors (Lipinski definition) is 3. The molecule has 0 bridgehead atoms. The van der Waals surface area contributed by atoms with E-state index in [2.05, 4.69) is 5.32 Å². The van der Waals surface area contributed by atoms with Crippen LogP contribution < -0.4 is 11.1 Å². The molecule has 0 spiro atoms. The second kappa shape index (κ2) is 6.58. The molecule has 1 aromatic carbocycles. The summed E-state index contributed by atoms with van der Waals surface area (Å²) >= 11 is 0. The van der Waals surface area contributed by atoms with E-state index in [1.807, 2.05) is 0 Å². The van der Waals surface area contributed by atoms with Crippen LogP contribution in [0.15, 0.2) is 18.2 Å². The Morgan fingerprint density at radius 2 is 2.15 bits per heavy atom. The highest BCUT2D eigenvalue weighted by Gasteiger charge is 2.31. The molecule has 8 heteroatoms. The van der Waals surface area contributed by atoms with E-state index < -0.39 is 23.8 Å². The highest BCUT2D eigenvalue weighted by molar-refractivity contribution is 5.96. The second-order valence-electron chi connectivity index (χ2n) is 4.03. The van der Waals surface area contributed by atoms with Crippen LogP contribution in [0, 0.1) is 0 Å². The molecule has 0 aliphatic heterocycles. The fourth-order valence-electron chi connectivity index (χ4n) is 1.39. The molecule has 112 valence electrons. The number of ether oxygens (including phenoxy) is 1. The number of halogens is 3. The molecule has 1 unspecified atom stereocenters. The van der Waals surface area contributed by atoms with E-state index in [0.29, 0.717) is 0 Å². The van der Waals surface area contributed by atoms with Crippen LogP contribution in [0.1, 0.15) is 12.5 Å². The molecular weight excluding hydrogens is 277 g/mol. The molecule has 1 amide bonds. The Kier molecular flexibility index (Phi) is 5.34. The first-order valence-electron chi connectivity index (χ1n) is 5.75. The SMILES string of the molecule is CC(OCCO)C(=O)Nc1ccc(C(F)(F)F)cc1N. The van der Waals surface area contributed by atoms with Crippen molar-refractivity contribution >= 4 is 17.3 Å². The largest absolute Gasteiger partial charge is 0.416 e. The highest BCUT2D eigenvalue weighted by Crippen LogP contribution is 2.32. The maximum Gasteiger partial charge on any atom is 0.416 e. The number of anilines is 2. The number of hydrogen-bond acceptors (Lipinski definition) is 4. The van der Waals surface area contributed by atoms with Crippen molar-refractivity contribution in [2.45, 2.75) is 19.2 Å². The third kappa shape index (κ3) is 4.39. The van der Waals surface area contributed by atoms with Gasteiger partial charge < -0.3 is 20.9 Å². The van der Waals surface area contributed by atoms with Crippen molar-refractivity contribution in [2.24, 2.45) is 0 Å². The summed E-state index contributed by atoms with van der Waals surface area (Å²) in [6.45, 7) is 1.20. The minimum atomic E-state index is -4.49. The normalized spacial score (nSPS) is 13.1. The molecule has 0 aliphatic rings. The van der Waals surface area contributed by atoms with Gasteiger partial charge in [0.05, 0.1) is 30.2 Å². The smallest absolute Gasteiger partial charge is 0.397 e. The first kappa shape index (κ1) is 16.3. The Morgan fingerprint density at radius 3 is 2.65 bits per heavy atom. The number of benzene rings is 1. The van der Waals surface area contributed by atoms with Crippen molar-refractivity contribution in [3.8, 4) is 0 Å². The van der Waals surface area contributed by atoms with Crippen LogP contribution >= 0.6 is 0 Å². The number of carbonyl (C=O) groups excluding carboxylic acids is 1. The van der Waals surface area contributed by atoms with Crippen molar-refractivity contribution in [1.29, 1.82) is 0 Å². The predicted octanol–water partition coefficient (Wildman–Crippen LogP) is 1.62. The van der Waals surface area contributed by atoms with Gasteiger partial charge in [-0.3, -0.25) is 4.79 Å². The van der Waals surface area contributed by atoms with Crippen molar-refractivity contribution < 1.29 is 27.8 Å². The summed E-state index contributed by atoms with van der Waals surface area (Å²) in [7, 11) is 0. The molecule has 0 fully saturated rings. The summed E-state index contributed by atoms with van der Waals surface area (Å²) in [5, 5.41) is 10.9. The van der Waals surface area contributed by atoms with Gasteiger partial charge in [0.15, 0.2) is 0 Å². The lowest BCUT2D eigenvalue weighted by Crippen LogP contribution is -2.29. The summed E-state index contributed by atoms with van der Waals surface area (Å²) in [6.07, 6.45) is -5.35. The summed E-state index contributed by atoms with van der Waals surface area (Å²) in [6, 6.07) is 2.65. The van der Waals surface area contributed by atoms with Gasteiger partial charge >= 0.3 is 6.18 Å². The monoisotopic (exact) mass is 292 g/mol. The van der Waals surface area contributed by atoms with E-state index in [-0.39, 0.29) is 24.6 Å². The molecule has 0 radical (unpaired) electrons. The second-order valence-corrected chi connectivity index (χ2v) is 4.03. The van der Waals surface area contributed by atoms with Crippen LogP contribution in [-0.4, -0.2) is 30.3 Å². The first-order chi connectivity index (χ1) is 9.25. The lowest BCUT2D eigenvalue weighted by Gasteiger charge is -2.15. The van der Waals surface area contributed by atoms with Crippen molar-refractivity contribution in [1.82, 2.24) is 0 Å². The number of amides is 1. The molecular formula is C12H15F3N2O3. The van der Waals surface area contributed by atoms with Crippen LogP contribution in [0.2, 0.25) is 0 Å². The number of rotatable bonds is 5. The number of nitrogen functional groups attached to an aromatic ring is 1. The topological polar surface area (TPSA) is 84.6 Å². The maximum absolute atomic E-state index is 12.4. The fourth-order valence-corrected chi connectivity index (χ4v) is 1.39. The predicted molar refractivity (Wildman–Crippen MR) is 67.0 cm³/mol. The molecule has 1 rings (SSSR count). The average molecular weight is 292 g/mol. The molecule has 0 saturated carbocycles. The van der Waals surface area contributed by atoms with Crippen LogP contribution in [-0.2, 0) is 15.7 Å². The zero-order chi connectivity index (χ0) is 15.3. The minimum Gasteiger partial charge on any atom is -0.397 e. The van der Waals surface area contributed by atoms with Gasteiger partial charge in [-0.15, -0.1) is 0 Å². The molecule has 0 saturated heterocycles. The van der Waals surface area contributed by atoms with Crippen LogP contribution in [0.25, 0.3) is 0 Å². The Labute approximate surface area is 113 Å². The van der Waals surface area contributed by atoms with Gasteiger partial charge in [0, 0.05) is 0 Å². The Balaban J connectivity index is 2.76. The molecule has 5 nitrogen and oxygen atoms in total. The Bertz CT molecular complexity index is 478. The van der Waals surface area contributed by atoms with E-state index in [9.17, 15) is 18.0 Å². The molecule has 1 atom stereocenters. The van der Waals surface area contributed by atoms with Crippen molar-refractivity contribution in [3.63, 3.8) is 0 Å². The van der Waals surface area contributed by atoms with Crippen LogP contribution in [0.3, 0.4) is 0 Å². The van der Waals surface area contributed by atoms with E-state index >= 15 is 0 Å². The Morgan fingerprint density at radius 1 is 1.50 bits per heavy atom. The minimum absolute atomic E-state index is 0.0168. The number of aliphatic hydroxyl groups is 1. The lowest BCUT2D eigenvalue weighted by molar-refractivity contribution is -0.137. The molecule has 0 aromatic heterocycles. The summed E-state index contributed by atoms with van der Waals surface area (Å²) in [5.74, 6) is -0.565. The zero-order valence-electron chi connectivity index (χ0n) is 10.7. The quantitative estimate of drug-likeness (QED) is 0.720. The summed E-state index contributed by atoms with van der Waals surface area (Å²) in [5.41, 5.74) is 4.46. The highest BCUT2D eigenvalue weighted by atomic mass is 19.4. The van der Waals surface area contributed by atoms with E-state index in [1.54, 1.807) is 0 Å². The third-order valence-electron chi connectivity index (χ3n) is 2.47. The van der Waals surface area contributed by atoms with Gasteiger partial charge in [-0.25, -0.2) is 0 Å². The van der Waals surface area contributed by atoms with Gasteiger partial charge in [-0.05, 0) is 25.1 Å². The van der Waals surface area contributed by atoms with Gasteiger partial charge in [0.2, 0.25) is 0 Å². The van der Waals surface area contributed by atoms with Gasteiger partial charge in [-0.1, -0.05) is 0 Å². The molecule has 0 aliphatic carbocycles. The number of aliphatic hydroxyl groups excluding tert-OH is 1. The number of nitrogens with one attached hydrogen (secondary N) is 1. The standard InChI is InChI=1S/C12H15F3N2O3/c1-7(20-5-4-18)11(19)17-10-3-2-8(6-9(10)16)12(13,14)15/h2-3,6-7,18H,4-5,16H2,1H3,(H,17,19). The fraction of sp³-hybridized carbons (Fsp3) is 0.417. The molecule has 20 heavy (non-hydrogen) atoms. The van der Waals surface area contributed by atoms with Gasteiger partial charge in [0.1, 0.15) is 6.10 Å². The number of carbonyl (C=O) groups is 1. The Hall–Kier alpha value is -1.80. The summed E-state index contributed by atoms with van der Waals surface area (Å²) in [4.78, 5) is 11.7.